The third-order valence-corrected chi connectivity index (χ3v) is 2.03. The molecule has 0 aliphatic carbocycles. The van der Waals surface area contributed by atoms with E-state index in [9.17, 15) is 9.82 Å². The lowest BCUT2D eigenvalue weighted by Gasteiger charge is -2.07. The summed E-state index contributed by atoms with van der Waals surface area (Å²) in [6.45, 7) is 1.83. The Morgan fingerprint density at radius 1 is 1.59 bits per heavy atom. The maximum atomic E-state index is 11.0. The second-order valence-electron chi connectivity index (χ2n) is 3.20. The summed E-state index contributed by atoms with van der Waals surface area (Å²) >= 11 is 0. The first-order valence-electron chi connectivity index (χ1n) is 4.99. The van der Waals surface area contributed by atoms with Crippen molar-refractivity contribution in [1.29, 1.82) is 0 Å². The summed E-state index contributed by atoms with van der Waals surface area (Å²) in [6.07, 6.45) is 5.15. The van der Waals surface area contributed by atoms with Gasteiger partial charge in [0.15, 0.2) is 5.65 Å². The van der Waals surface area contributed by atoms with Gasteiger partial charge in [-0.1, -0.05) is 0 Å². The standard InChI is InChI=1S/C9H10BN3O4/c1-2-16-9(14)17-10(15)7-3-12-8-4-11-6-13(8)5-7/h3-6,15H,2H2,1H3. The molecule has 0 unspecified atom stereocenters. The van der Waals surface area contributed by atoms with Crippen molar-refractivity contribution in [2.24, 2.45) is 0 Å². The second-order valence-corrected chi connectivity index (χ2v) is 3.20. The molecule has 2 rings (SSSR count). The van der Waals surface area contributed by atoms with Gasteiger partial charge in [0.2, 0.25) is 0 Å². The van der Waals surface area contributed by atoms with Crippen LogP contribution in [0.2, 0.25) is 0 Å². The van der Waals surface area contributed by atoms with Crippen molar-refractivity contribution in [3.63, 3.8) is 0 Å². The van der Waals surface area contributed by atoms with Crippen molar-refractivity contribution in [2.45, 2.75) is 6.92 Å². The zero-order chi connectivity index (χ0) is 12.3. The normalized spacial score (nSPS) is 10.2. The van der Waals surface area contributed by atoms with Crippen molar-refractivity contribution < 1.29 is 19.2 Å². The molecule has 0 radical (unpaired) electrons. The van der Waals surface area contributed by atoms with E-state index in [-0.39, 0.29) is 6.61 Å². The van der Waals surface area contributed by atoms with Crippen LogP contribution in [0.25, 0.3) is 5.65 Å². The van der Waals surface area contributed by atoms with E-state index in [4.69, 9.17) is 0 Å². The molecular weight excluding hydrogens is 225 g/mol. The largest absolute Gasteiger partial charge is 0.567 e. The Labute approximate surface area is 97.2 Å². The first kappa shape index (κ1) is 11.4. The fraction of sp³-hybridized carbons (Fsp3) is 0.222. The van der Waals surface area contributed by atoms with Crippen LogP contribution in [0.15, 0.2) is 24.9 Å². The van der Waals surface area contributed by atoms with Crippen LogP contribution in [-0.2, 0) is 9.39 Å². The highest BCUT2D eigenvalue weighted by Crippen LogP contribution is 1.96. The number of carbonyl (C=O) groups is 1. The Morgan fingerprint density at radius 3 is 3.18 bits per heavy atom. The molecule has 0 atom stereocenters. The van der Waals surface area contributed by atoms with Gasteiger partial charge in [-0.05, 0) is 6.92 Å². The van der Waals surface area contributed by atoms with Crippen LogP contribution in [0.5, 0.6) is 0 Å². The van der Waals surface area contributed by atoms with Gasteiger partial charge in [-0.25, -0.2) is 14.8 Å². The van der Waals surface area contributed by atoms with E-state index in [1.54, 1.807) is 23.7 Å². The lowest BCUT2D eigenvalue weighted by atomic mass is 9.82. The van der Waals surface area contributed by atoms with Crippen LogP contribution in [0.3, 0.4) is 0 Å². The Hall–Kier alpha value is -2.09. The number of fused-ring (bicyclic) bond motifs is 1. The molecule has 7 nitrogen and oxygen atoms in total. The number of nitrogens with zero attached hydrogens (tertiary/aromatic N) is 3. The Balaban J connectivity index is 2.12. The summed E-state index contributed by atoms with van der Waals surface area (Å²) in [6, 6.07) is 0. The first-order chi connectivity index (χ1) is 8.20. The van der Waals surface area contributed by atoms with Gasteiger partial charge < -0.3 is 14.4 Å². The molecule has 0 aliphatic heterocycles. The number of rotatable bonds is 3. The highest BCUT2D eigenvalue weighted by Gasteiger charge is 2.23. The van der Waals surface area contributed by atoms with E-state index in [1.165, 1.54) is 12.5 Å². The van der Waals surface area contributed by atoms with Crippen LogP contribution < -0.4 is 5.46 Å². The average molecular weight is 235 g/mol. The lowest BCUT2D eigenvalue weighted by Crippen LogP contribution is -2.37. The molecule has 2 heterocycles. The fourth-order valence-electron chi connectivity index (χ4n) is 1.27. The summed E-state index contributed by atoms with van der Waals surface area (Å²) in [5.74, 6) is 0. The van der Waals surface area contributed by atoms with Gasteiger partial charge in [-0.2, -0.15) is 0 Å². The third kappa shape index (κ3) is 2.54. The van der Waals surface area contributed by atoms with E-state index >= 15 is 0 Å². The highest BCUT2D eigenvalue weighted by molar-refractivity contribution is 6.61. The summed E-state index contributed by atoms with van der Waals surface area (Å²) in [4.78, 5) is 18.9. The minimum absolute atomic E-state index is 0.185. The second kappa shape index (κ2) is 4.83. The molecule has 0 bridgehead atoms. The number of aromatic nitrogens is 3. The van der Waals surface area contributed by atoms with Gasteiger partial charge in [-0.15, -0.1) is 0 Å². The van der Waals surface area contributed by atoms with E-state index in [2.05, 4.69) is 19.4 Å². The number of carbonyl (C=O) groups excluding carboxylic acids is 1. The minimum Gasteiger partial charge on any atom is -0.473 e. The molecule has 0 aliphatic rings. The molecule has 0 saturated carbocycles. The van der Waals surface area contributed by atoms with Gasteiger partial charge in [0.05, 0.1) is 12.8 Å². The number of hydrogen-bond acceptors (Lipinski definition) is 6. The molecule has 0 saturated heterocycles. The van der Waals surface area contributed by atoms with Gasteiger partial charge in [0.25, 0.3) is 0 Å². The first-order valence-corrected chi connectivity index (χ1v) is 4.99. The molecule has 0 fully saturated rings. The smallest absolute Gasteiger partial charge is 0.473 e. The van der Waals surface area contributed by atoms with Crippen LogP contribution in [0, 0.1) is 0 Å². The third-order valence-electron chi connectivity index (χ3n) is 2.03. The highest BCUT2D eigenvalue weighted by atomic mass is 16.7. The molecule has 17 heavy (non-hydrogen) atoms. The molecule has 0 aromatic carbocycles. The summed E-state index contributed by atoms with van der Waals surface area (Å²) in [7, 11) is -1.41. The van der Waals surface area contributed by atoms with Crippen LogP contribution in [-0.4, -0.2) is 39.3 Å². The number of ether oxygens (including phenoxy) is 1. The van der Waals surface area contributed by atoms with E-state index in [0.29, 0.717) is 11.1 Å². The van der Waals surface area contributed by atoms with Gasteiger partial charge in [0.1, 0.15) is 6.33 Å². The quantitative estimate of drug-likeness (QED) is 0.574. The van der Waals surface area contributed by atoms with Crippen molar-refractivity contribution in [1.82, 2.24) is 14.4 Å². The Kier molecular flexibility index (Phi) is 3.24. The molecule has 88 valence electrons. The lowest BCUT2D eigenvalue weighted by molar-refractivity contribution is 0.0983. The van der Waals surface area contributed by atoms with Crippen molar-refractivity contribution in [3.05, 3.63) is 24.9 Å². The Bertz CT molecular complexity index is 530. The topological polar surface area (TPSA) is 86.0 Å². The van der Waals surface area contributed by atoms with E-state index in [1.807, 2.05) is 0 Å². The Morgan fingerprint density at radius 2 is 2.41 bits per heavy atom. The zero-order valence-corrected chi connectivity index (χ0v) is 9.11. The van der Waals surface area contributed by atoms with Crippen LogP contribution in [0.4, 0.5) is 4.79 Å². The van der Waals surface area contributed by atoms with Gasteiger partial charge >= 0.3 is 13.3 Å². The van der Waals surface area contributed by atoms with Crippen molar-refractivity contribution >= 4 is 24.4 Å². The van der Waals surface area contributed by atoms with Crippen LogP contribution in [0.1, 0.15) is 6.92 Å². The molecule has 0 spiro atoms. The molecule has 2 aromatic rings. The molecular formula is C9H10BN3O4. The monoisotopic (exact) mass is 235 g/mol. The maximum absolute atomic E-state index is 11.0. The van der Waals surface area contributed by atoms with Crippen molar-refractivity contribution in [3.8, 4) is 0 Å². The zero-order valence-electron chi connectivity index (χ0n) is 9.11. The number of hydrogen-bond donors (Lipinski definition) is 1. The predicted octanol–water partition coefficient (Wildman–Crippen LogP) is -0.410. The van der Waals surface area contributed by atoms with Gasteiger partial charge in [0, 0.05) is 17.9 Å². The molecule has 1 N–H and O–H groups in total. The van der Waals surface area contributed by atoms with Gasteiger partial charge in [-0.3, -0.25) is 4.40 Å². The number of imidazole rings is 1. The van der Waals surface area contributed by atoms with Crippen molar-refractivity contribution in [2.75, 3.05) is 6.61 Å². The molecule has 0 amide bonds. The summed E-state index contributed by atoms with van der Waals surface area (Å²) < 4.78 is 10.8. The maximum Gasteiger partial charge on any atom is 0.567 e. The minimum atomic E-state index is -1.41. The summed E-state index contributed by atoms with van der Waals surface area (Å²) in [5, 5.41) is 9.62. The fourth-order valence-corrected chi connectivity index (χ4v) is 1.27. The average Bonchev–Trinajstić information content (AvgIpc) is 2.75. The van der Waals surface area contributed by atoms with E-state index in [0.717, 1.165) is 0 Å². The van der Waals surface area contributed by atoms with E-state index < -0.39 is 13.3 Å². The molecule has 8 heteroatoms. The van der Waals surface area contributed by atoms with Crippen LogP contribution >= 0.6 is 0 Å². The summed E-state index contributed by atoms with van der Waals surface area (Å²) in [5.41, 5.74) is 0.973. The predicted molar refractivity (Wildman–Crippen MR) is 58.7 cm³/mol. The molecule has 2 aromatic heterocycles. The SMILES string of the molecule is CCOC(=O)OB(O)c1cnc2cncn2c1.